The predicted molar refractivity (Wildman–Crippen MR) is 105 cm³/mol. The van der Waals surface area contributed by atoms with Crippen molar-refractivity contribution in [2.75, 3.05) is 7.11 Å². The van der Waals surface area contributed by atoms with Crippen LogP contribution >= 0.6 is 0 Å². The molecule has 0 N–H and O–H groups in total. The standard InChI is InChI=1S/C20H16FN7O/c1-12-26-19-16(28(12)10-13-3-5-22-17(21)7-13)8-14(9-23-19)27-6-4-15-18(27)20(29-2)25-11-24-15/h3-9,11H,10H2,1-2H3. The number of hydrogen-bond acceptors (Lipinski definition) is 6. The minimum atomic E-state index is -0.505. The molecule has 0 spiro atoms. The molecule has 144 valence electrons. The van der Waals surface area contributed by atoms with Crippen molar-refractivity contribution in [1.82, 2.24) is 34.1 Å². The lowest BCUT2D eigenvalue weighted by Crippen LogP contribution is -2.03. The molecule has 5 aromatic heterocycles. The molecule has 0 unspecified atom stereocenters. The summed E-state index contributed by atoms with van der Waals surface area (Å²) in [6.45, 7) is 2.37. The largest absolute Gasteiger partial charge is 0.479 e. The van der Waals surface area contributed by atoms with Crippen molar-refractivity contribution in [3.8, 4) is 11.6 Å². The number of methoxy groups -OCH3 is 1. The van der Waals surface area contributed by atoms with Crippen LogP contribution < -0.4 is 4.74 Å². The van der Waals surface area contributed by atoms with Crippen molar-refractivity contribution >= 4 is 22.2 Å². The average Bonchev–Trinajstić information content (AvgIpc) is 3.29. The molecule has 0 saturated heterocycles. The van der Waals surface area contributed by atoms with E-state index in [9.17, 15) is 4.39 Å². The van der Waals surface area contributed by atoms with Gasteiger partial charge in [-0.05, 0) is 36.8 Å². The van der Waals surface area contributed by atoms with E-state index in [0.29, 0.717) is 18.1 Å². The molecule has 8 nitrogen and oxygen atoms in total. The number of rotatable bonds is 4. The Hall–Kier alpha value is -3.88. The molecule has 0 saturated carbocycles. The fraction of sp³-hybridized carbons (Fsp3) is 0.150. The molecular formula is C20H16FN7O. The van der Waals surface area contributed by atoms with Crippen LogP contribution in [0.1, 0.15) is 11.4 Å². The first-order chi connectivity index (χ1) is 14.1. The van der Waals surface area contributed by atoms with E-state index in [1.807, 2.05) is 34.4 Å². The van der Waals surface area contributed by atoms with Crippen molar-refractivity contribution in [2.24, 2.45) is 0 Å². The lowest BCUT2D eigenvalue weighted by molar-refractivity contribution is 0.401. The van der Waals surface area contributed by atoms with Crippen molar-refractivity contribution in [2.45, 2.75) is 13.5 Å². The molecule has 5 heterocycles. The van der Waals surface area contributed by atoms with E-state index >= 15 is 0 Å². The maximum Gasteiger partial charge on any atom is 0.241 e. The van der Waals surface area contributed by atoms with Crippen LogP contribution in [0.15, 0.2) is 49.2 Å². The minimum Gasteiger partial charge on any atom is -0.479 e. The molecule has 5 rings (SSSR count). The van der Waals surface area contributed by atoms with Gasteiger partial charge in [-0.15, -0.1) is 0 Å². The highest BCUT2D eigenvalue weighted by molar-refractivity contribution is 5.83. The summed E-state index contributed by atoms with van der Waals surface area (Å²) in [6, 6.07) is 7.09. The fourth-order valence-corrected chi connectivity index (χ4v) is 3.47. The van der Waals surface area contributed by atoms with Gasteiger partial charge in [0.1, 0.15) is 17.7 Å². The first-order valence-electron chi connectivity index (χ1n) is 8.94. The SMILES string of the molecule is COc1ncnc2ccn(-c3cnc4nc(C)n(Cc5ccnc(F)c5)c4c3)c12. The summed E-state index contributed by atoms with van der Waals surface area (Å²) < 4.78 is 22.8. The smallest absolute Gasteiger partial charge is 0.241 e. The van der Waals surface area contributed by atoms with Gasteiger partial charge in [0.05, 0.1) is 30.0 Å². The van der Waals surface area contributed by atoms with Crippen LogP contribution in [0.3, 0.4) is 0 Å². The van der Waals surface area contributed by atoms with E-state index in [-0.39, 0.29) is 0 Å². The van der Waals surface area contributed by atoms with Crippen LogP contribution in [-0.2, 0) is 6.54 Å². The topological polar surface area (TPSA) is 83.5 Å². The number of fused-ring (bicyclic) bond motifs is 2. The molecule has 0 atom stereocenters. The lowest BCUT2D eigenvalue weighted by Gasteiger charge is -2.10. The second-order valence-electron chi connectivity index (χ2n) is 6.57. The Kier molecular flexibility index (Phi) is 3.94. The molecule has 0 radical (unpaired) electrons. The summed E-state index contributed by atoms with van der Waals surface area (Å²) >= 11 is 0. The Bertz CT molecular complexity index is 1360. The first-order valence-corrected chi connectivity index (χ1v) is 8.94. The maximum absolute atomic E-state index is 13.5. The Morgan fingerprint density at radius 3 is 2.83 bits per heavy atom. The number of hydrogen-bond donors (Lipinski definition) is 0. The normalized spacial score (nSPS) is 11.4. The molecule has 0 amide bonds. The van der Waals surface area contributed by atoms with Crippen LogP contribution in [-0.4, -0.2) is 41.2 Å². The highest BCUT2D eigenvalue weighted by atomic mass is 19.1. The van der Waals surface area contributed by atoms with Crippen molar-refractivity contribution in [3.63, 3.8) is 0 Å². The maximum atomic E-state index is 13.5. The van der Waals surface area contributed by atoms with E-state index in [1.165, 1.54) is 18.6 Å². The van der Waals surface area contributed by atoms with Crippen molar-refractivity contribution in [3.05, 3.63) is 66.5 Å². The van der Waals surface area contributed by atoms with E-state index < -0.39 is 5.95 Å². The van der Waals surface area contributed by atoms with Gasteiger partial charge in [0.2, 0.25) is 11.8 Å². The number of ether oxygens (including phenoxy) is 1. The molecular weight excluding hydrogens is 373 g/mol. The fourth-order valence-electron chi connectivity index (χ4n) is 3.47. The third kappa shape index (κ3) is 2.87. The van der Waals surface area contributed by atoms with E-state index in [4.69, 9.17) is 4.74 Å². The summed E-state index contributed by atoms with van der Waals surface area (Å²) in [5.41, 5.74) is 4.62. The van der Waals surface area contributed by atoms with Crippen molar-refractivity contribution in [1.29, 1.82) is 0 Å². The first kappa shape index (κ1) is 17.2. The summed E-state index contributed by atoms with van der Waals surface area (Å²) in [6.07, 6.45) is 6.58. The Morgan fingerprint density at radius 1 is 1.10 bits per heavy atom. The van der Waals surface area contributed by atoms with E-state index in [0.717, 1.165) is 33.6 Å². The van der Waals surface area contributed by atoms with Crippen LogP contribution in [0.5, 0.6) is 5.88 Å². The monoisotopic (exact) mass is 389 g/mol. The van der Waals surface area contributed by atoms with Crippen LogP contribution in [0.4, 0.5) is 4.39 Å². The van der Waals surface area contributed by atoms with Gasteiger partial charge in [0.25, 0.3) is 0 Å². The summed E-state index contributed by atoms with van der Waals surface area (Å²) in [7, 11) is 1.58. The molecule has 0 aliphatic heterocycles. The van der Waals surface area contributed by atoms with Gasteiger partial charge < -0.3 is 13.9 Å². The van der Waals surface area contributed by atoms with Crippen LogP contribution in [0.2, 0.25) is 0 Å². The van der Waals surface area contributed by atoms with Gasteiger partial charge in [-0.1, -0.05) is 0 Å². The minimum absolute atomic E-state index is 0.464. The quantitative estimate of drug-likeness (QED) is 0.439. The molecule has 0 aliphatic rings. The van der Waals surface area contributed by atoms with Crippen LogP contribution in [0, 0.1) is 12.9 Å². The second-order valence-corrected chi connectivity index (χ2v) is 6.57. The summed E-state index contributed by atoms with van der Waals surface area (Å²) in [4.78, 5) is 21.2. The third-order valence-corrected chi connectivity index (χ3v) is 4.82. The van der Waals surface area contributed by atoms with Gasteiger partial charge >= 0.3 is 0 Å². The molecule has 0 aliphatic carbocycles. The van der Waals surface area contributed by atoms with Gasteiger partial charge in [-0.25, -0.2) is 19.9 Å². The van der Waals surface area contributed by atoms with Gasteiger partial charge in [0.15, 0.2) is 5.65 Å². The Balaban J connectivity index is 1.66. The zero-order valence-electron chi connectivity index (χ0n) is 15.7. The Morgan fingerprint density at radius 2 is 2.00 bits per heavy atom. The van der Waals surface area contributed by atoms with Gasteiger partial charge in [0, 0.05) is 18.9 Å². The predicted octanol–water partition coefficient (Wildman–Crippen LogP) is 3.06. The second kappa shape index (κ2) is 6.62. The Labute approximate surface area is 164 Å². The lowest BCUT2D eigenvalue weighted by atomic mass is 10.2. The molecule has 5 aromatic rings. The molecule has 9 heteroatoms. The summed E-state index contributed by atoms with van der Waals surface area (Å²) in [5.74, 6) is 0.770. The van der Waals surface area contributed by atoms with Gasteiger partial charge in [-0.2, -0.15) is 9.37 Å². The highest BCUT2D eigenvalue weighted by Crippen LogP contribution is 2.27. The van der Waals surface area contributed by atoms with Crippen molar-refractivity contribution < 1.29 is 9.13 Å². The summed E-state index contributed by atoms with van der Waals surface area (Å²) in [5, 5.41) is 0. The van der Waals surface area contributed by atoms with Gasteiger partial charge in [-0.3, -0.25) is 0 Å². The number of imidazole rings is 1. The molecule has 0 bridgehead atoms. The van der Waals surface area contributed by atoms with E-state index in [2.05, 4.69) is 24.9 Å². The van der Waals surface area contributed by atoms with E-state index in [1.54, 1.807) is 19.4 Å². The molecule has 29 heavy (non-hydrogen) atoms. The molecule has 0 aromatic carbocycles. The zero-order chi connectivity index (χ0) is 20.0. The number of halogens is 1. The van der Waals surface area contributed by atoms with Crippen LogP contribution in [0.25, 0.3) is 27.9 Å². The number of pyridine rings is 2. The number of aromatic nitrogens is 7. The third-order valence-electron chi connectivity index (χ3n) is 4.82. The number of nitrogens with zero attached hydrogens (tertiary/aromatic N) is 7. The number of aryl methyl sites for hydroxylation is 1. The zero-order valence-corrected chi connectivity index (χ0v) is 15.7. The highest BCUT2D eigenvalue weighted by Gasteiger charge is 2.15. The molecule has 0 fully saturated rings. The average molecular weight is 389 g/mol.